The minimum atomic E-state index is -0.106. The Balaban J connectivity index is 3.47. The summed E-state index contributed by atoms with van der Waals surface area (Å²) in [4.78, 5) is 0. The molecule has 0 aliphatic carbocycles. The first-order chi connectivity index (χ1) is 3.95. The summed E-state index contributed by atoms with van der Waals surface area (Å²) in [7, 11) is 0. The first-order valence-electron chi connectivity index (χ1n) is 3.39. The van der Waals surface area contributed by atoms with Crippen LogP contribution >= 0.6 is 0 Å². The molecule has 0 saturated carbocycles. The molecule has 0 aromatic rings. The standard InChI is InChI=1S/C7H17NO/c1-5-6(8)9-7(2,3)4/h6H,5,8H2,1-4H3. The predicted molar refractivity (Wildman–Crippen MR) is 39.1 cm³/mol. The molecule has 2 heteroatoms. The maximum atomic E-state index is 5.54. The Morgan fingerprint density at radius 3 is 2.00 bits per heavy atom. The van der Waals surface area contributed by atoms with Gasteiger partial charge in [0.05, 0.1) is 5.60 Å². The second-order valence-electron chi connectivity index (χ2n) is 3.18. The Bertz CT molecular complexity index is 75.5. The van der Waals surface area contributed by atoms with E-state index in [2.05, 4.69) is 0 Å². The van der Waals surface area contributed by atoms with E-state index in [0.717, 1.165) is 6.42 Å². The van der Waals surface area contributed by atoms with E-state index in [1.54, 1.807) is 0 Å². The second-order valence-corrected chi connectivity index (χ2v) is 3.18. The van der Waals surface area contributed by atoms with Crippen LogP contribution in [0.25, 0.3) is 0 Å². The summed E-state index contributed by atoms with van der Waals surface area (Å²) in [5.74, 6) is 0. The average molecular weight is 131 g/mol. The molecule has 0 spiro atoms. The lowest BCUT2D eigenvalue weighted by atomic mass is 10.2. The van der Waals surface area contributed by atoms with E-state index in [1.165, 1.54) is 0 Å². The molecule has 2 nitrogen and oxygen atoms in total. The van der Waals surface area contributed by atoms with Crippen molar-refractivity contribution in [3.05, 3.63) is 0 Å². The molecule has 0 rings (SSSR count). The molecule has 0 amide bonds. The van der Waals surface area contributed by atoms with E-state index in [1.807, 2.05) is 27.7 Å². The third kappa shape index (κ3) is 5.80. The van der Waals surface area contributed by atoms with Gasteiger partial charge in [0.2, 0.25) is 0 Å². The minimum Gasteiger partial charge on any atom is -0.358 e. The Morgan fingerprint density at radius 2 is 1.89 bits per heavy atom. The van der Waals surface area contributed by atoms with Gasteiger partial charge in [-0.2, -0.15) is 0 Å². The zero-order valence-electron chi connectivity index (χ0n) is 6.77. The van der Waals surface area contributed by atoms with Crippen LogP contribution < -0.4 is 5.73 Å². The molecule has 0 aliphatic heterocycles. The SMILES string of the molecule is CCC(N)OC(C)(C)C. The van der Waals surface area contributed by atoms with Gasteiger partial charge in [0.25, 0.3) is 0 Å². The summed E-state index contributed by atoms with van der Waals surface area (Å²) >= 11 is 0. The highest BCUT2D eigenvalue weighted by Crippen LogP contribution is 2.09. The van der Waals surface area contributed by atoms with Crippen LogP contribution in [0.1, 0.15) is 34.1 Å². The van der Waals surface area contributed by atoms with Crippen LogP contribution in [0.3, 0.4) is 0 Å². The van der Waals surface area contributed by atoms with Crippen molar-refractivity contribution in [3.8, 4) is 0 Å². The summed E-state index contributed by atoms with van der Waals surface area (Å²) in [5, 5.41) is 0. The zero-order valence-corrected chi connectivity index (χ0v) is 6.77. The molecule has 2 N–H and O–H groups in total. The fourth-order valence-electron chi connectivity index (χ4n) is 0.537. The highest BCUT2D eigenvalue weighted by Gasteiger charge is 2.13. The molecule has 56 valence electrons. The van der Waals surface area contributed by atoms with Gasteiger partial charge >= 0.3 is 0 Å². The minimum absolute atomic E-state index is 0.102. The van der Waals surface area contributed by atoms with E-state index in [4.69, 9.17) is 10.5 Å². The maximum absolute atomic E-state index is 5.54. The number of nitrogens with two attached hydrogens (primary N) is 1. The second kappa shape index (κ2) is 3.18. The van der Waals surface area contributed by atoms with Crippen molar-refractivity contribution in [1.82, 2.24) is 0 Å². The van der Waals surface area contributed by atoms with Gasteiger partial charge in [-0.3, -0.25) is 0 Å². The van der Waals surface area contributed by atoms with Gasteiger partial charge in [0.15, 0.2) is 0 Å². The normalized spacial score (nSPS) is 15.7. The Labute approximate surface area is 57.4 Å². The maximum Gasteiger partial charge on any atom is 0.106 e. The molecule has 0 saturated heterocycles. The van der Waals surface area contributed by atoms with Crippen molar-refractivity contribution in [2.75, 3.05) is 0 Å². The van der Waals surface area contributed by atoms with Gasteiger partial charge in [-0.1, -0.05) is 6.92 Å². The quantitative estimate of drug-likeness (QED) is 0.576. The molecule has 0 fully saturated rings. The van der Waals surface area contributed by atoms with E-state index in [0.29, 0.717) is 0 Å². The van der Waals surface area contributed by atoms with Crippen LogP contribution in [0, 0.1) is 0 Å². The van der Waals surface area contributed by atoms with E-state index < -0.39 is 0 Å². The highest BCUT2D eigenvalue weighted by molar-refractivity contribution is 4.60. The highest BCUT2D eigenvalue weighted by atomic mass is 16.5. The van der Waals surface area contributed by atoms with Crippen molar-refractivity contribution in [2.24, 2.45) is 5.73 Å². The molecule has 0 aromatic heterocycles. The smallest absolute Gasteiger partial charge is 0.106 e. The Hall–Kier alpha value is -0.0800. The Morgan fingerprint density at radius 1 is 1.44 bits per heavy atom. The van der Waals surface area contributed by atoms with Gasteiger partial charge in [-0.15, -0.1) is 0 Å². The molecule has 9 heavy (non-hydrogen) atoms. The van der Waals surface area contributed by atoms with Gasteiger partial charge in [-0.25, -0.2) is 0 Å². The molecule has 1 unspecified atom stereocenters. The van der Waals surface area contributed by atoms with Crippen molar-refractivity contribution in [2.45, 2.75) is 45.9 Å². The number of hydrogen-bond donors (Lipinski definition) is 1. The number of hydrogen-bond acceptors (Lipinski definition) is 2. The fourth-order valence-corrected chi connectivity index (χ4v) is 0.537. The summed E-state index contributed by atoms with van der Waals surface area (Å²) in [6, 6.07) is 0. The molecule has 0 bridgehead atoms. The van der Waals surface area contributed by atoms with Crippen LogP contribution in [-0.4, -0.2) is 11.8 Å². The topological polar surface area (TPSA) is 35.2 Å². The molecular formula is C7H17NO. The molecule has 0 heterocycles. The van der Waals surface area contributed by atoms with Crippen LogP contribution in [0.4, 0.5) is 0 Å². The summed E-state index contributed by atoms with van der Waals surface area (Å²) in [6.07, 6.45) is 0.766. The molecular weight excluding hydrogens is 114 g/mol. The third-order valence-electron chi connectivity index (χ3n) is 0.907. The van der Waals surface area contributed by atoms with E-state index in [-0.39, 0.29) is 11.8 Å². The van der Waals surface area contributed by atoms with Gasteiger partial charge < -0.3 is 10.5 Å². The van der Waals surface area contributed by atoms with E-state index in [9.17, 15) is 0 Å². The molecule has 0 radical (unpaired) electrons. The molecule has 0 aliphatic rings. The van der Waals surface area contributed by atoms with Crippen molar-refractivity contribution in [1.29, 1.82) is 0 Å². The molecule has 0 aromatic carbocycles. The lowest BCUT2D eigenvalue weighted by Gasteiger charge is -2.23. The third-order valence-corrected chi connectivity index (χ3v) is 0.907. The van der Waals surface area contributed by atoms with Crippen LogP contribution in [0.15, 0.2) is 0 Å². The summed E-state index contributed by atoms with van der Waals surface area (Å²) in [6.45, 7) is 8.02. The van der Waals surface area contributed by atoms with Crippen LogP contribution in [0.2, 0.25) is 0 Å². The summed E-state index contributed by atoms with van der Waals surface area (Å²) in [5.41, 5.74) is 5.44. The van der Waals surface area contributed by atoms with Gasteiger partial charge in [0, 0.05) is 0 Å². The van der Waals surface area contributed by atoms with Crippen LogP contribution in [-0.2, 0) is 4.74 Å². The molecule has 1 atom stereocenters. The fraction of sp³-hybridized carbons (Fsp3) is 1.00. The van der Waals surface area contributed by atoms with Crippen LogP contribution in [0.5, 0.6) is 0 Å². The van der Waals surface area contributed by atoms with Crippen molar-refractivity contribution < 1.29 is 4.74 Å². The average Bonchev–Trinajstić information content (AvgIpc) is 1.62. The van der Waals surface area contributed by atoms with Gasteiger partial charge in [-0.05, 0) is 27.2 Å². The first kappa shape index (κ1) is 8.92. The first-order valence-corrected chi connectivity index (χ1v) is 3.39. The van der Waals surface area contributed by atoms with Crippen molar-refractivity contribution >= 4 is 0 Å². The predicted octanol–water partition coefficient (Wildman–Crippen LogP) is 1.50. The van der Waals surface area contributed by atoms with Gasteiger partial charge in [0.1, 0.15) is 6.23 Å². The summed E-state index contributed by atoms with van der Waals surface area (Å²) < 4.78 is 5.36. The monoisotopic (exact) mass is 131 g/mol. The van der Waals surface area contributed by atoms with E-state index >= 15 is 0 Å². The Kier molecular flexibility index (Phi) is 3.15. The largest absolute Gasteiger partial charge is 0.358 e. The lowest BCUT2D eigenvalue weighted by molar-refractivity contribution is -0.0578. The zero-order chi connectivity index (χ0) is 7.49. The lowest BCUT2D eigenvalue weighted by Crippen LogP contribution is -2.32. The van der Waals surface area contributed by atoms with Crippen molar-refractivity contribution in [3.63, 3.8) is 0 Å². The number of rotatable bonds is 2. The number of ether oxygens (including phenoxy) is 1.